The Bertz CT molecular complexity index is 807. The van der Waals surface area contributed by atoms with Crippen LogP contribution in [-0.4, -0.2) is 36.7 Å². The third-order valence-electron chi connectivity index (χ3n) is 3.96. The molecule has 0 saturated carbocycles. The predicted molar refractivity (Wildman–Crippen MR) is 96.4 cm³/mol. The molecule has 0 spiro atoms. The van der Waals surface area contributed by atoms with Crippen LogP contribution in [0.3, 0.4) is 0 Å². The molecule has 26 heavy (non-hydrogen) atoms. The number of hydrogen-bond donors (Lipinski definition) is 1. The Morgan fingerprint density at radius 1 is 1.08 bits per heavy atom. The van der Waals surface area contributed by atoms with Gasteiger partial charge in [0.05, 0.1) is 13.2 Å². The molecule has 7 nitrogen and oxygen atoms in total. The second-order valence-electron chi connectivity index (χ2n) is 5.69. The summed E-state index contributed by atoms with van der Waals surface area (Å²) < 4.78 is 9.83. The zero-order valence-corrected chi connectivity index (χ0v) is 15.0. The number of rotatable bonds is 5. The van der Waals surface area contributed by atoms with Crippen LogP contribution in [0.1, 0.15) is 26.3 Å². The van der Waals surface area contributed by atoms with Gasteiger partial charge >= 0.3 is 12.2 Å². The number of benzene rings is 2. The molecule has 0 aliphatic rings. The Morgan fingerprint density at radius 3 is 2.35 bits per heavy atom. The lowest BCUT2D eigenvalue weighted by Crippen LogP contribution is -2.58. The van der Waals surface area contributed by atoms with Crippen molar-refractivity contribution in [2.24, 2.45) is 0 Å². The summed E-state index contributed by atoms with van der Waals surface area (Å²) in [6.45, 7) is 5.00. The Hall–Kier alpha value is -3.09. The number of nitrogens with zero attached hydrogens (tertiary/aromatic N) is 1. The van der Waals surface area contributed by atoms with Crippen LogP contribution in [0.2, 0.25) is 0 Å². The normalized spacial score (nSPS) is 12.7. The zero-order valence-electron chi connectivity index (χ0n) is 15.0. The topological polar surface area (TPSA) is 84.9 Å². The first-order valence-corrected chi connectivity index (χ1v) is 8.32. The smallest absolute Gasteiger partial charge is 0.430 e. The van der Waals surface area contributed by atoms with Crippen LogP contribution in [-0.2, 0) is 19.8 Å². The van der Waals surface area contributed by atoms with Crippen molar-refractivity contribution in [2.75, 3.05) is 13.2 Å². The van der Waals surface area contributed by atoms with E-state index in [2.05, 4.69) is 5.43 Å². The van der Waals surface area contributed by atoms with E-state index in [9.17, 15) is 14.4 Å². The molecule has 0 radical (unpaired) electrons. The molecule has 2 aromatic rings. The first-order chi connectivity index (χ1) is 12.5. The molecule has 1 N–H and O–H groups in total. The van der Waals surface area contributed by atoms with Crippen molar-refractivity contribution in [2.45, 2.75) is 26.3 Å². The fraction of sp³-hybridized carbons (Fsp3) is 0.316. The van der Waals surface area contributed by atoms with Crippen molar-refractivity contribution in [3.8, 4) is 0 Å². The van der Waals surface area contributed by atoms with E-state index in [1.54, 1.807) is 26.0 Å². The largest absolute Gasteiger partial charge is 0.449 e. The van der Waals surface area contributed by atoms with Gasteiger partial charge in [0, 0.05) is 0 Å². The number of aldehydes is 1. The maximum atomic E-state index is 12.4. The maximum absolute atomic E-state index is 12.4. The third kappa shape index (κ3) is 3.93. The van der Waals surface area contributed by atoms with Gasteiger partial charge < -0.3 is 14.3 Å². The van der Waals surface area contributed by atoms with Gasteiger partial charge in [-0.3, -0.25) is 0 Å². The highest BCUT2D eigenvalue weighted by molar-refractivity contribution is 5.86. The molecule has 0 aliphatic carbocycles. The quantitative estimate of drug-likeness (QED) is 0.654. The zero-order chi connectivity index (χ0) is 19.2. The van der Waals surface area contributed by atoms with E-state index in [1.807, 2.05) is 30.3 Å². The molecule has 0 aromatic heterocycles. The summed E-state index contributed by atoms with van der Waals surface area (Å²) in [6.07, 6.45) is -1.13. The summed E-state index contributed by atoms with van der Waals surface area (Å²) in [5.74, 6) is 0. The van der Waals surface area contributed by atoms with Crippen molar-refractivity contribution in [3.05, 3.63) is 48.0 Å². The molecule has 7 heteroatoms. The molecule has 2 aromatic carbocycles. The molecule has 1 unspecified atom stereocenters. The summed E-state index contributed by atoms with van der Waals surface area (Å²) in [5.41, 5.74) is 1.35. The average molecular weight is 358 g/mol. The molecule has 0 bridgehead atoms. The fourth-order valence-corrected chi connectivity index (χ4v) is 2.55. The first kappa shape index (κ1) is 19.2. The standard InChI is InChI=1S/C19H22N2O5/c1-4-25-17(23)20-21(18(24)26-5-2)19(3,13-22)16-11-10-14-8-6-7-9-15(14)12-16/h6-13H,4-5H2,1-3H3,(H,20,23). The van der Waals surface area contributed by atoms with Gasteiger partial charge in [0.25, 0.3) is 0 Å². The van der Waals surface area contributed by atoms with Crippen molar-refractivity contribution < 1.29 is 23.9 Å². The van der Waals surface area contributed by atoms with Crippen LogP contribution >= 0.6 is 0 Å². The predicted octanol–water partition coefficient (Wildman–Crippen LogP) is 3.37. The highest BCUT2D eigenvalue weighted by Gasteiger charge is 2.40. The minimum atomic E-state index is -1.48. The Labute approximate surface area is 151 Å². The monoisotopic (exact) mass is 358 g/mol. The number of hydrazine groups is 1. The van der Waals surface area contributed by atoms with Crippen LogP contribution in [0, 0.1) is 0 Å². The van der Waals surface area contributed by atoms with E-state index < -0.39 is 17.7 Å². The third-order valence-corrected chi connectivity index (χ3v) is 3.96. The van der Waals surface area contributed by atoms with Gasteiger partial charge in [0.2, 0.25) is 0 Å². The summed E-state index contributed by atoms with van der Waals surface area (Å²) >= 11 is 0. The van der Waals surface area contributed by atoms with Crippen LogP contribution < -0.4 is 5.43 Å². The van der Waals surface area contributed by atoms with Crippen molar-refractivity contribution in [3.63, 3.8) is 0 Å². The Balaban J connectivity index is 2.49. The Kier molecular flexibility index (Phi) is 6.16. The van der Waals surface area contributed by atoms with E-state index in [4.69, 9.17) is 9.47 Å². The number of nitrogens with one attached hydrogen (secondary N) is 1. The van der Waals surface area contributed by atoms with Crippen molar-refractivity contribution in [1.29, 1.82) is 0 Å². The van der Waals surface area contributed by atoms with Gasteiger partial charge in [-0.2, -0.15) is 5.01 Å². The Morgan fingerprint density at radius 2 is 1.73 bits per heavy atom. The van der Waals surface area contributed by atoms with E-state index >= 15 is 0 Å². The second-order valence-corrected chi connectivity index (χ2v) is 5.69. The van der Waals surface area contributed by atoms with E-state index in [0.717, 1.165) is 15.8 Å². The van der Waals surface area contributed by atoms with Crippen LogP contribution in [0.15, 0.2) is 42.5 Å². The minimum Gasteiger partial charge on any atom is -0.449 e. The molecule has 0 heterocycles. The highest BCUT2D eigenvalue weighted by atomic mass is 16.6. The van der Waals surface area contributed by atoms with Crippen LogP contribution in [0.5, 0.6) is 0 Å². The number of amides is 2. The molecule has 0 aliphatic heterocycles. The SMILES string of the molecule is CCOC(=O)NN(C(=O)OCC)C(C)(C=O)c1ccc2ccccc2c1. The van der Waals surface area contributed by atoms with E-state index in [1.165, 1.54) is 6.92 Å². The van der Waals surface area contributed by atoms with E-state index in [-0.39, 0.29) is 13.2 Å². The lowest BCUT2D eigenvalue weighted by Gasteiger charge is -2.36. The first-order valence-electron chi connectivity index (χ1n) is 8.32. The van der Waals surface area contributed by atoms with Crippen molar-refractivity contribution >= 4 is 29.2 Å². The number of ether oxygens (including phenoxy) is 2. The number of carbonyl (C=O) groups excluding carboxylic acids is 3. The minimum absolute atomic E-state index is 0.0898. The molecule has 2 amide bonds. The van der Waals surface area contributed by atoms with Gasteiger partial charge in [-0.1, -0.05) is 36.4 Å². The fourth-order valence-electron chi connectivity index (χ4n) is 2.55. The molecule has 1 atom stereocenters. The van der Waals surface area contributed by atoms with Crippen LogP contribution in [0.25, 0.3) is 10.8 Å². The van der Waals surface area contributed by atoms with Crippen LogP contribution in [0.4, 0.5) is 9.59 Å². The van der Waals surface area contributed by atoms with Gasteiger partial charge in [0.1, 0.15) is 5.54 Å². The number of hydrogen-bond acceptors (Lipinski definition) is 5. The van der Waals surface area contributed by atoms with Gasteiger partial charge in [-0.25, -0.2) is 15.0 Å². The summed E-state index contributed by atoms with van der Waals surface area (Å²) in [5, 5.41) is 2.74. The van der Waals surface area contributed by atoms with Gasteiger partial charge in [0.15, 0.2) is 6.29 Å². The molecule has 2 rings (SSSR count). The second kappa shape index (κ2) is 8.33. The highest BCUT2D eigenvalue weighted by Crippen LogP contribution is 2.28. The van der Waals surface area contributed by atoms with Gasteiger partial charge in [-0.15, -0.1) is 0 Å². The molecular weight excluding hydrogens is 336 g/mol. The maximum Gasteiger partial charge on any atom is 0.430 e. The molecule has 138 valence electrons. The lowest BCUT2D eigenvalue weighted by atomic mass is 9.91. The molecule has 0 fully saturated rings. The molecule has 0 saturated heterocycles. The number of carbonyl (C=O) groups is 3. The lowest BCUT2D eigenvalue weighted by molar-refractivity contribution is -0.119. The summed E-state index contributed by atoms with van der Waals surface area (Å²) in [6, 6.07) is 13.0. The van der Waals surface area contributed by atoms with Gasteiger partial charge in [-0.05, 0) is 43.2 Å². The summed E-state index contributed by atoms with van der Waals surface area (Å²) in [7, 11) is 0. The average Bonchev–Trinajstić information content (AvgIpc) is 2.65. The van der Waals surface area contributed by atoms with E-state index in [0.29, 0.717) is 11.8 Å². The van der Waals surface area contributed by atoms with Crippen molar-refractivity contribution in [1.82, 2.24) is 10.4 Å². The molecular formula is C19H22N2O5. The summed E-state index contributed by atoms with van der Waals surface area (Å²) in [4.78, 5) is 36.3. The number of fused-ring (bicyclic) bond motifs is 1.